The Balaban J connectivity index is 2.04. The molecule has 0 atom stereocenters. The zero-order chi connectivity index (χ0) is 16.1. The van der Waals surface area contributed by atoms with E-state index in [1.54, 1.807) is 31.3 Å². The summed E-state index contributed by atoms with van der Waals surface area (Å²) in [5.74, 6) is -0.541. The van der Waals surface area contributed by atoms with Crippen molar-refractivity contribution in [3.63, 3.8) is 0 Å². The van der Waals surface area contributed by atoms with Crippen LogP contribution >= 0.6 is 11.6 Å². The highest BCUT2D eigenvalue weighted by Crippen LogP contribution is 2.17. The molecular weight excluding hydrogens is 302 g/mol. The summed E-state index contributed by atoms with van der Waals surface area (Å²) in [4.78, 5) is 24.8. The minimum absolute atomic E-state index is 0.304. The molecule has 2 aromatic rings. The molecule has 0 aliphatic carbocycles. The average molecular weight is 318 g/mol. The molecule has 3 amide bonds. The van der Waals surface area contributed by atoms with Gasteiger partial charge < -0.3 is 16.0 Å². The monoisotopic (exact) mass is 317 g/mol. The van der Waals surface area contributed by atoms with Crippen LogP contribution in [0.1, 0.15) is 15.9 Å². The molecule has 0 fully saturated rings. The summed E-state index contributed by atoms with van der Waals surface area (Å²) in [5.41, 5.74) is 6.92. The second-order valence-corrected chi connectivity index (χ2v) is 5.23. The molecule has 0 unspecified atom stereocenters. The summed E-state index contributed by atoms with van der Waals surface area (Å²) < 4.78 is 0. The Bertz CT molecular complexity index is 703. The fourth-order valence-corrected chi connectivity index (χ4v) is 2.12. The number of hydrogen-bond donors (Lipinski definition) is 2. The Hall–Kier alpha value is -2.53. The van der Waals surface area contributed by atoms with E-state index in [1.165, 1.54) is 11.0 Å². The van der Waals surface area contributed by atoms with Gasteiger partial charge in [-0.25, -0.2) is 4.79 Å². The number of carbonyl (C=O) groups is 2. The number of anilines is 1. The second kappa shape index (κ2) is 6.95. The van der Waals surface area contributed by atoms with Gasteiger partial charge in [-0.15, -0.1) is 0 Å². The van der Waals surface area contributed by atoms with Gasteiger partial charge in [0.1, 0.15) is 0 Å². The van der Waals surface area contributed by atoms with Crippen molar-refractivity contribution >= 4 is 29.2 Å². The molecule has 2 rings (SSSR count). The molecule has 0 heterocycles. The summed E-state index contributed by atoms with van der Waals surface area (Å²) in [6, 6.07) is 13.5. The largest absolute Gasteiger partial charge is 0.366 e. The van der Waals surface area contributed by atoms with Crippen LogP contribution in [-0.2, 0) is 6.54 Å². The highest BCUT2D eigenvalue weighted by atomic mass is 35.5. The molecule has 22 heavy (non-hydrogen) atoms. The lowest BCUT2D eigenvalue weighted by atomic mass is 10.2. The minimum Gasteiger partial charge on any atom is -0.366 e. The molecule has 0 saturated carbocycles. The second-order valence-electron chi connectivity index (χ2n) is 4.82. The number of primary amides is 1. The smallest absolute Gasteiger partial charge is 0.321 e. The highest BCUT2D eigenvalue weighted by Gasteiger charge is 2.11. The molecule has 114 valence electrons. The van der Waals surface area contributed by atoms with E-state index in [4.69, 9.17) is 17.3 Å². The Kier molecular flexibility index (Phi) is 5.01. The number of halogens is 1. The van der Waals surface area contributed by atoms with E-state index in [-0.39, 0.29) is 6.03 Å². The number of hydrogen-bond acceptors (Lipinski definition) is 2. The first-order valence-corrected chi connectivity index (χ1v) is 7.00. The van der Waals surface area contributed by atoms with E-state index in [0.717, 1.165) is 5.56 Å². The number of benzene rings is 2. The SMILES string of the molecule is CN(Cc1ccccc1Cl)C(=O)Nc1cccc(C(N)=O)c1. The molecule has 0 aromatic heterocycles. The maximum Gasteiger partial charge on any atom is 0.321 e. The lowest BCUT2D eigenvalue weighted by Crippen LogP contribution is -2.31. The van der Waals surface area contributed by atoms with E-state index < -0.39 is 5.91 Å². The van der Waals surface area contributed by atoms with Crippen LogP contribution in [0.15, 0.2) is 48.5 Å². The summed E-state index contributed by atoms with van der Waals surface area (Å²) in [6.45, 7) is 0.376. The Morgan fingerprint density at radius 2 is 1.91 bits per heavy atom. The van der Waals surface area contributed by atoms with Gasteiger partial charge in [0.25, 0.3) is 0 Å². The summed E-state index contributed by atoms with van der Waals surface area (Å²) in [7, 11) is 1.66. The topological polar surface area (TPSA) is 75.4 Å². The van der Waals surface area contributed by atoms with E-state index in [0.29, 0.717) is 22.8 Å². The van der Waals surface area contributed by atoms with Gasteiger partial charge in [-0.05, 0) is 29.8 Å². The molecule has 0 aliphatic heterocycles. The third-order valence-electron chi connectivity index (χ3n) is 3.11. The number of urea groups is 1. The lowest BCUT2D eigenvalue weighted by molar-refractivity contribution is 0.1000. The Morgan fingerprint density at radius 1 is 1.18 bits per heavy atom. The first-order chi connectivity index (χ1) is 10.5. The van der Waals surface area contributed by atoms with Crippen LogP contribution in [-0.4, -0.2) is 23.9 Å². The van der Waals surface area contributed by atoms with Gasteiger partial charge in [0.15, 0.2) is 0 Å². The number of carbonyl (C=O) groups excluding carboxylic acids is 2. The molecular formula is C16H16ClN3O2. The number of amides is 3. The van der Waals surface area contributed by atoms with Gasteiger partial charge in [0.2, 0.25) is 5.91 Å². The number of nitrogens with two attached hydrogens (primary N) is 1. The van der Waals surface area contributed by atoms with E-state index in [2.05, 4.69) is 5.32 Å². The van der Waals surface area contributed by atoms with Gasteiger partial charge in [0, 0.05) is 29.9 Å². The van der Waals surface area contributed by atoms with Crippen LogP contribution in [0, 0.1) is 0 Å². The van der Waals surface area contributed by atoms with Crippen LogP contribution in [0.5, 0.6) is 0 Å². The first-order valence-electron chi connectivity index (χ1n) is 6.63. The van der Waals surface area contributed by atoms with Gasteiger partial charge in [-0.3, -0.25) is 4.79 Å². The zero-order valence-electron chi connectivity index (χ0n) is 12.0. The van der Waals surface area contributed by atoms with Gasteiger partial charge >= 0.3 is 6.03 Å². The normalized spacial score (nSPS) is 10.1. The predicted molar refractivity (Wildman–Crippen MR) is 86.9 cm³/mol. The molecule has 0 bridgehead atoms. The summed E-state index contributed by atoms with van der Waals surface area (Å²) in [6.07, 6.45) is 0. The van der Waals surface area contributed by atoms with Crippen molar-refractivity contribution in [3.05, 3.63) is 64.7 Å². The van der Waals surface area contributed by atoms with Crippen molar-refractivity contribution < 1.29 is 9.59 Å². The van der Waals surface area contributed by atoms with Crippen LogP contribution in [0.25, 0.3) is 0 Å². The van der Waals surface area contributed by atoms with Crippen molar-refractivity contribution in [2.24, 2.45) is 5.73 Å². The molecule has 0 saturated heterocycles. The Morgan fingerprint density at radius 3 is 2.59 bits per heavy atom. The third-order valence-corrected chi connectivity index (χ3v) is 3.48. The molecule has 2 aromatic carbocycles. The van der Waals surface area contributed by atoms with Gasteiger partial charge in [-0.1, -0.05) is 35.9 Å². The number of nitrogens with zero attached hydrogens (tertiary/aromatic N) is 1. The summed E-state index contributed by atoms with van der Waals surface area (Å²) in [5, 5.41) is 3.32. The maximum absolute atomic E-state index is 12.2. The van der Waals surface area contributed by atoms with Gasteiger partial charge in [-0.2, -0.15) is 0 Å². The van der Waals surface area contributed by atoms with Crippen LogP contribution in [0.4, 0.5) is 10.5 Å². The van der Waals surface area contributed by atoms with Crippen molar-refractivity contribution in [2.75, 3.05) is 12.4 Å². The van der Waals surface area contributed by atoms with Crippen LogP contribution < -0.4 is 11.1 Å². The zero-order valence-corrected chi connectivity index (χ0v) is 12.8. The molecule has 5 nitrogen and oxygen atoms in total. The third kappa shape index (κ3) is 3.99. The first kappa shape index (κ1) is 15.9. The van der Waals surface area contributed by atoms with Crippen LogP contribution in [0.2, 0.25) is 5.02 Å². The summed E-state index contributed by atoms with van der Waals surface area (Å²) >= 11 is 6.08. The molecule has 0 radical (unpaired) electrons. The van der Waals surface area contributed by atoms with Crippen molar-refractivity contribution in [3.8, 4) is 0 Å². The van der Waals surface area contributed by atoms with Crippen molar-refractivity contribution in [2.45, 2.75) is 6.54 Å². The Labute approximate surface area is 133 Å². The van der Waals surface area contributed by atoms with Crippen LogP contribution in [0.3, 0.4) is 0 Å². The maximum atomic E-state index is 12.2. The molecule has 6 heteroatoms. The number of nitrogens with one attached hydrogen (secondary N) is 1. The predicted octanol–water partition coefficient (Wildman–Crippen LogP) is 3.10. The fourth-order valence-electron chi connectivity index (χ4n) is 1.92. The van der Waals surface area contributed by atoms with E-state index in [1.807, 2.05) is 18.2 Å². The number of rotatable bonds is 4. The minimum atomic E-state index is -0.541. The fraction of sp³-hybridized carbons (Fsp3) is 0.125. The van der Waals surface area contributed by atoms with Gasteiger partial charge in [0.05, 0.1) is 0 Å². The molecule has 0 spiro atoms. The molecule has 0 aliphatic rings. The quantitative estimate of drug-likeness (QED) is 0.909. The molecule has 3 N–H and O–H groups in total. The highest BCUT2D eigenvalue weighted by molar-refractivity contribution is 6.31. The van der Waals surface area contributed by atoms with Crippen molar-refractivity contribution in [1.29, 1.82) is 0 Å². The van der Waals surface area contributed by atoms with E-state index >= 15 is 0 Å². The van der Waals surface area contributed by atoms with E-state index in [9.17, 15) is 9.59 Å². The standard InChI is InChI=1S/C16H16ClN3O2/c1-20(10-12-5-2-3-8-14(12)17)16(22)19-13-7-4-6-11(9-13)15(18)21/h2-9H,10H2,1H3,(H2,18,21)(H,19,22). The lowest BCUT2D eigenvalue weighted by Gasteiger charge is -2.19. The van der Waals surface area contributed by atoms with Crippen molar-refractivity contribution in [1.82, 2.24) is 4.90 Å². The average Bonchev–Trinajstić information content (AvgIpc) is 2.49.